The van der Waals surface area contributed by atoms with Gasteiger partial charge < -0.3 is 4.90 Å². The molecule has 0 spiro atoms. The van der Waals surface area contributed by atoms with Gasteiger partial charge in [0.2, 0.25) is 0 Å². The summed E-state index contributed by atoms with van der Waals surface area (Å²) < 4.78 is 39.3. The Kier molecular flexibility index (Phi) is 5.67. The van der Waals surface area contributed by atoms with Gasteiger partial charge in [0, 0.05) is 42.8 Å². The first-order valence-electron chi connectivity index (χ1n) is 8.26. The third-order valence-corrected chi connectivity index (χ3v) is 4.88. The molecule has 0 unspecified atom stereocenters. The normalized spacial score (nSPS) is 15.9. The highest BCUT2D eigenvalue weighted by atomic mass is 79.9. The fraction of sp³-hybridized carbons (Fsp3) is 0.316. The molecule has 0 bridgehead atoms. The van der Waals surface area contributed by atoms with Crippen LogP contribution in [-0.4, -0.2) is 41.9 Å². The molecule has 1 saturated heterocycles. The second-order valence-electron chi connectivity index (χ2n) is 6.28. The summed E-state index contributed by atoms with van der Waals surface area (Å²) in [6.07, 6.45) is -4.33. The van der Waals surface area contributed by atoms with Crippen LogP contribution >= 0.6 is 15.9 Å². The highest BCUT2D eigenvalue weighted by Crippen LogP contribution is 2.29. The van der Waals surface area contributed by atoms with E-state index in [2.05, 4.69) is 20.8 Å². The van der Waals surface area contributed by atoms with Crippen LogP contribution in [0.3, 0.4) is 0 Å². The van der Waals surface area contributed by atoms with E-state index in [0.717, 1.165) is 10.5 Å². The third-order valence-electron chi connectivity index (χ3n) is 4.39. The number of alkyl halides is 3. The molecule has 2 aromatic rings. The maximum absolute atomic E-state index is 12.8. The van der Waals surface area contributed by atoms with Crippen molar-refractivity contribution in [1.29, 1.82) is 0 Å². The molecule has 1 aliphatic heterocycles. The fourth-order valence-corrected chi connectivity index (χ4v) is 3.42. The van der Waals surface area contributed by atoms with E-state index in [-0.39, 0.29) is 5.91 Å². The van der Waals surface area contributed by atoms with Gasteiger partial charge in [-0.2, -0.15) is 13.2 Å². The number of benzene rings is 2. The van der Waals surface area contributed by atoms with Crippen LogP contribution in [0.15, 0.2) is 53.0 Å². The highest BCUT2D eigenvalue weighted by Gasteiger charge is 2.30. The molecule has 0 radical (unpaired) electrons. The van der Waals surface area contributed by atoms with Crippen molar-refractivity contribution in [1.82, 2.24) is 9.80 Å². The lowest BCUT2D eigenvalue weighted by molar-refractivity contribution is -0.137. The first-order chi connectivity index (χ1) is 12.3. The number of hydrogen-bond acceptors (Lipinski definition) is 2. The van der Waals surface area contributed by atoms with Crippen molar-refractivity contribution in [2.75, 3.05) is 26.2 Å². The molecular formula is C19H18BrF3N2O. The minimum Gasteiger partial charge on any atom is -0.336 e. The van der Waals surface area contributed by atoms with Gasteiger partial charge in [0.1, 0.15) is 0 Å². The summed E-state index contributed by atoms with van der Waals surface area (Å²) in [4.78, 5) is 16.4. The molecule has 0 N–H and O–H groups in total. The lowest BCUT2D eigenvalue weighted by atomic mass is 10.1. The Bertz CT molecular complexity index is 786. The van der Waals surface area contributed by atoms with E-state index in [9.17, 15) is 18.0 Å². The van der Waals surface area contributed by atoms with Gasteiger partial charge in [-0.1, -0.05) is 40.2 Å². The molecule has 3 rings (SSSR count). The zero-order valence-corrected chi connectivity index (χ0v) is 15.6. The molecule has 3 nitrogen and oxygen atoms in total. The molecule has 26 heavy (non-hydrogen) atoms. The van der Waals surface area contributed by atoms with Crippen LogP contribution in [0.2, 0.25) is 0 Å². The molecule has 0 saturated carbocycles. The number of rotatable bonds is 3. The fourth-order valence-electron chi connectivity index (χ4n) is 3.02. The summed E-state index contributed by atoms with van der Waals surface area (Å²) in [5.74, 6) is -0.0231. The summed E-state index contributed by atoms with van der Waals surface area (Å²) in [5, 5.41) is 0. The SMILES string of the molecule is O=C(c1cccc(Br)c1)N1CCN(Cc2cccc(C(F)(F)F)c2)CC1. The number of carbonyl (C=O) groups excluding carboxylic acids is 1. The predicted molar refractivity (Wildman–Crippen MR) is 96.8 cm³/mol. The Morgan fingerprint density at radius 2 is 1.69 bits per heavy atom. The molecular weight excluding hydrogens is 409 g/mol. The van der Waals surface area contributed by atoms with Crippen molar-refractivity contribution in [3.63, 3.8) is 0 Å². The molecule has 1 fully saturated rings. The first-order valence-corrected chi connectivity index (χ1v) is 9.05. The maximum Gasteiger partial charge on any atom is 0.416 e. The standard InChI is InChI=1S/C19H18BrF3N2O/c20-17-6-2-4-15(12-17)18(26)25-9-7-24(8-10-25)13-14-3-1-5-16(11-14)19(21,22)23/h1-6,11-12H,7-10,13H2. The Hall–Kier alpha value is -1.86. The van der Waals surface area contributed by atoms with Crippen molar-refractivity contribution < 1.29 is 18.0 Å². The number of carbonyl (C=O) groups is 1. The predicted octanol–water partition coefficient (Wildman–Crippen LogP) is 4.43. The quantitative estimate of drug-likeness (QED) is 0.724. The lowest BCUT2D eigenvalue weighted by Crippen LogP contribution is -2.48. The molecule has 0 aliphatic carbocycles. The van der Waals surface area contributed by atoms with E-state index in [1.165, 1.54) is 12.1 Å². The number of nitrogens with zero attached hydrogens (tertiary/aromatic N) is 2. The van der Waals surface area contributed by atoms with Crippen molar-refractivity contribution in [3.05, 3.63) is 69.7 Å². The van der Waals surface area contributed by atoms with Crippen LogP contribution in [0, 0.1) is 0 Å². The molecule has 0 atom stereocenters. The second-order valence-corrected chi connectivity index (χ2v) is 7.19. The molecule has 0 aromatic heterocycles. The molecule has 2 aromatic carbocycles. The van der Waals surface area contributed by atoms with Crippen molar-refractivity contribution in [2.24, 2.45) is 0 Å². The molecule has 1 heterocycles. The maximum atomic E-state index is 12.8. The average Bonchev–Trinajstić information content (AvgIpc) is 2.61. The average molecular weight is 427 g/mol. The van der Waals surface area contributed by atoms with Crippen molar-refractivity contribution >= 4 is 21.8 Å². The van der Waals surface area contributed by atoms with E-state index < -0.39 is 11.7 Å². The summed E-state index contributed by atoms with van der Waals surface area (Å²) in [6.45, 7) is 2.84. The lowest BCUT2D eigenvalue weighted by Gasteiger charge is -2.35. The van der Waals surface area contributed by atoms with Crippen molar-refractivity contribution in [2.45, 2.75) is 12.7 Å². The van der Waals surface area contributed by atoms with E-state index in [1.807, 2.05) is 12.1 Å². The minimum absolute atomic E-state index is 0.0231. The van der Waals surface area contributed by atoms with E-state index in [1.54, 1.807) is 23.1 Å². The largest absolute Gasteiger partial charge is 0.416 e. The summed E-state index contributed by atoms with van der Waals surface area (Å²) >= 11 is 3.36. The smallest absolute Gasteiger partial charge is 0.336 e. The van der Waals surface area contributed by atoms with E-state index >= 15 is 0 Å². The van der Waals surface area contributed by atoms with Gasteiger partial charge in [-0.05, 0) is 29.8 Å². The summed E-state index contributed by atoms with van der Waals surface area (Å²) in [6, 6.07) is 12.7. The van der Waals surface area contributed by atoms with Crippen LogP contribution in [0.4, 0.5) is 13.2 Å². The minimum atomic E-state index is -4.33. The highest BCUT2D eigenvalue weighted by molar-refractivity contribution is 9.10. The monoisotopic (exact) mass is 426 g/mol. The summed E-state index contributed by atoms with van der Waals surface area (Å²) in [7, 11) is 0. The number of halogens is 4. The molecule has 1 amide bonds. The first kappa shape index (κ1) is 18.9. The van der Waals surface area contributed by atoms with Gasteiger partial charge in [0.05, 0.1) is 5.56 Å². The zero-order chi connectivity index (χ0) is 18.7. The topological polar surface area (TPSA) is 23.6 Å². The Labute approximate surface area is 158 Å². The van der Waals surface area contributed by atoms with Gasteiger partial charge >= 0.3 is 6.18 Å². The van der Waals surface area contributed by atoms with E-state index in [0.29, 0.717) is 43.9 Å². The number of piperazine rings is 1. The van der Waals surface area contributed by atoms with Crippen LogP contribution in [-0.2, 0) is 12.7 Å². The van der Waals surface area contributed by atoms with Crippen LogP contribution in [0.25, 0.3) is 0 Å². The van der Waals surface area contributed by atoms with Gasteiger partial charge in [0.15, 0.2) is 0 Å². The Morgan fingerprint density at radius 3 is 2.35 bits per heavy atom. The van der Waals surface area contributed by atoms with Gasteiger partial charge in [0.25, 0.3) is 5.91 Å². The zero-order valence-electron chi connectivity index (χ0n) is 14.0. The third kappa shape index (κ3) is 4.65. The molecule has 138 valence electrons. The number of hydrogen-bond donors (Lipinski definition) is 0. The van der Waals surface area contributed by atoms with Gasteiger partial charge in [-0.25, -0.2) is 0 Å². The van der Waals surface area contributed by atoms with Crippen molar-refractivity contribution in [3.8, 4) is 0 Å². The van der Waals surface area contributed by atoms with Gasteiger partial charge in [-0.15, -0.1) is 0 Å². The van der Waals surface area contributed by atoms with Crippen LogP contribution in [0.1, 0.15) is 21.5 Å². The number of amides is 1. The summed E-state index contributed by atoms with van der Waals surface area (Å²) in [5.41, 5.74) is 0.635. The van der Waals surface area contributed by atoms with Crippen LogP contribution in [0.5, 0.6) is 0 Å². The second kappa shape index (κ2) is 7.80. The van der Waals surface area contributed by atoms with Gasteiger partial charge in [-0.3, -0.25) is 9.69 Å². The molecule has 7 heteroatoms. The molecule has 1 aliphatic rings. The Morgan fingerprint density at radius 1 is 1.00 bits per heavy atom. The Balaban J connectivity index is 1.58. The van der Waals surface area contributed by atoms with E-state index in [4.69, 9.17) is 0 Å². The van der Waals surface area contributed by atoms with Crippen LogP contribution < -0.4 is 0 Å².